The molecule has 2 fully saturated rings. The van der Waals surface area contributed by atoms with Crippen molar-refractivity contribution in [1.82, 2.24) is 0 Å². The van der Waals surface area contributed by atoms with Crippen molar-refractivity contribution in [1.29, 1.82) is 0 Å². The topological polar surface area (TPSA) is 27.7 Å². The largest absolute Gasteiger partial charge is 0.432 e. The molecule has 1 heterocycles. The highest BCUT2D eigenvalue weighted by Crippen LogP contribution is 2.42. The lowest BCUT2D eigenvalue weighted by molar-refractivity contribution is -0.229. The van der Waals surface area contributed by atoms with Gasteiger partial charge in [0.1, 0.15) is 28.8 Å². The van der Waals surface area contributed by atoms with Gasteiger partial charge in [0.25, 0.3) is 0 Å². The van der Waals surface area contributed by atoms with Crippen LogP contribution in [-0.4, -0.2) is 19.5 Å². The van der Waals surface area contributed by atoms with E-state index in [0.717, 1.165) is 61.7 Å². The number of hydrogen-bond acceptors (Lipinski definition) is 3. The summed E-state index contributed by atoms with van der Waals surface area (Å²) in [5, 5.41) is 0. The maximum absolute atomic E-state index is 15.0. The fourth-order valence-electron chi connectivity index (χ4n) is 6.17. The van der Waals surface area contributed by atoms with Crippen LogP contribution in [0.4, 0.5) is 30.7 Å². The molecule has 1 aliphatic heterocycles. The molecule has 44 heavy (non-hydrogen) atoms. The Labute approximate surface area is 252 Å². The van der Waals surface area contributed by atoms with Gasteiger partial charge in [0.15, 0.2) is 17.9 Å². The monoisotopic (exact) mass is 624 g/mol. The van der Waals surface area contributed by atoms with E-state index in [1.807, 2.05) is 0 Å². The molecule has 1 saturated carbocycles. The Morgan fingerprint density at radius 1 is 0.750 bits per heavy atom. The van der Waals surface area contributed by atoms with Gasteiger partial charge < -0.3 is 14.2 Å². The van der Waals surface area contributed by atoms with E-state index in [4.69, 9.17) is 9.47 Å². The molecule has 0 bridgehead atoms. The minimum absolute atomic E-state index is 0.0355. The van der Waals surface area contributed by atoms with E-state index in [1.54, 1.807) is 0 Å². The highest BCUT2D eigenvalue weighted by molar-refractivity contribution is 5.65. The number of benzene rings is 3. The number of hydrogen-bond donors (Lipinski definition) is 0. The zero-order valence-corrected chi connectivity index (χ0v) is 24.4. The van der Waals surface area contributed by atoms with Gasteiger partial charge in [0.05, 0.1) is 13.2 Å². The Morgan fingerprint density at radius 3 is 2.05 bits per heavy atom. The van der Waals surface area contributed by atoms with E-state index < -0.39 is 46.5 Å². The van der Waals surface area contributed by atoms with Gasteiger partial charge in [-0.05, 0) is 85.5 Å². The number of rotatable bonds is 10. The summed E-state index contributed by atoms with van der Waals surface area (Å²) in [6, 6.07) is 7.03. The lowest BCUT2D eigenvalue weighted by Crippen LogP contribution is -2.38. The van der Waals surface area contributed by atoms with Gasteiger partial charge in [-0.25, -0.2) is 22.0 Å². The maximum Gasteiger partial charge on any atom is 0.432 e. The quantitative estimate of drug-likeness (QED) is 0.166. The molecule has 1 aliphatic carbocycles. The summed E-state index contributed by atoms with van der Waals surface area (Å²) in [5.74, 6) is -6.75. The Hall–Kier alpha value is -3.11. The minimum Gasteiger partial charge on any atom is -0.429 e. The molecule has 0 amide bonds. The van der Waals surface area contributed by atoms with E-state index >= 15 is 17.6 Å². The summed E-state index contributed by atoms with van der Waals surface area (Å²) in [6.45, 7) is 3.48. The lowest BCUT2D eigenvalue weighted by atomic mass is 9.78. The average molecular weight is 625 g/mol. The van der Waals surface area contributed by atoms with Crippen LogP contribution in [0.1, 0.15) is 75.3 Å². The van der Waals surface area contributed by atoms with Crippen LogP contribution in [0.25, 0.3) is 11.1 Å². The fourth-order valence-corrected chi connectivity index (χ4v) is 6.17. The molecule has 0 radical (unpaired) electrons. The minimum atomic E-state index is -4.47. The lowest BCUT2D eigenvalue weighted by Gasteiger charge is -2.37. The van der Waals surface area contributed by atoms with Crippen LogP contribution in [-0.2, 0) is 15.6 Å². The van der Waals surface area contributed by atoms with E-state index in [-0.39, 0.29) is 34.8 Å². The van der Waals surface area contributed by atoms with Crippen LogP contribution < -0.4 is 4.74 Å². The molecule has 238 valence electrons. The molecule has 1 saturated heterocycles. The van der Waals surface area contributed by atoms with Gasteiger partial charge in [-0.1, -0.05) is 32.3 Å². The zero-order chi connectivity index (χ0) is 31.4. The molecule has 0 N–H and O–H groups in total. The molecule has 0 unspecified atom stereocenters. The standard InChI is InChI=1S/C34H35F7O3/c1-2-3-4-5-20-18-42-33(43-19-20)22-8-6-21(7-9-22)24-15-30(38)32(31(39)16-24)34(40,41)44-25-11-12-26(28(36)17-25)23-10-13-27(35)29(37)14-23/h10-17,20-22,33H,2-9,18-19H2,1H3. The predicted molar refractivity (Wildman–Crippen MR) is 151 cm³/mol. The summed E-state index contributed by atoms with van der Waals surface area (Å²) < 4.78 is 118. The number of alkyl halides is 2. The van der Waals surface area contributed by atoms with Gasteiger partial charge in [-0.2, -0.15) is 8.78 Å². The molecule has 3 aromatic rings. The van der Waals surface area contributed by atoms with Crippen molar-refractivity contribution in [3.63, 3.8) is 0 Å². The first-order valence-corrected chi connectivity index (χ1v) is 15.1. The first-order valence-electron chi connectivity index (χ1n) is 15.1. The van der Waals surface area contributed by atoms with Crippen LogP contribution in [0, 0.1) is 40.9 Å². The molecule has 10 heteroatoms. The van der Waals surface area contributed by atoms with Crippen molar-refractivity contribution in [2.24, 2.45) is 11.8 Å². The van der Waals surface area contributed by atoms with Gasteiger partial charge in [0.2, 0.25) is 0 Å². The second-order valence-electron chi connectivity index (χ2n) is 11.8. The number of unbranched alkanes of at least 4 members (excludes halogenated alkanes) is 2. The van der Waals surface area contributed by atoms with Crippen molar-refractivity contribution in [3.05, 3.63) is 88.7 Å². The molecule has 3 aromatic carbocycles. The molecule has 0 aromatic heterocycles. The van der Waals surface area contributed by atoms with Gasteiger partial charge >= 0.3 is 6.11 Å². The molecule has 2 aliphatic rings. The van der Waals surface area contributed by atoms with E-state index in [2.05, 4.69) is 11.7 Å². The summed E-state index contributed by atoms with van der Waals surface area (Å²) in [4.78, 5) is 0. The van der Waals surface area contributed by atoms with Crippen molar-refractivity contribution < 1.29 is 44.9 Å². The zero-order valence-electron chi connectivity index (χ0n) is 24.4. The Bertz CT molecular complexity index is 1410. The molecule has 0 spiro atoms. The number of ether oxygens (including phenoxy) is 3. The van der Waals surface area contributed by atoms with Crippen molar-refractivity contribution in [2.45, 2.75) is 76.6 Å². The average Bonchev–Trinajstić information content (AvgIpc) is 2.98. The Balaban J connectivity index is 1.20. The van der Waals surface area contributed by atoms with Crippen molar-refractivity contribution in [3.8, 4) is 16.9 Å². The van der Waals surface area contributed by atoms with Crippen molar-refractivity contribution in [2.75, 3.05) is 13.2 Å². The van der Waals surface area contributed by atoms with Crippen LogP contribution >= 0.6 is 0 Å². The first kappa shape index (κ1) is 32.3. The summed E-state index contributed by atoms with van der Waals surface area (Å²) in [5.41, 5.74) is -1.55. The SMILES string of the molecule is CCCCCC1COC(C2CCC(c3cc(F)c(C(F)(F)Oc4ccc(-c5ccc(F)c(F)c5)c(F)c4)c(F)c3)CC2)OC1. The third kappa shape index (κ3) is 7.40. The summed E-state index contributed by atoms with van der Waals surface area (Å²) in [6.07, 6.45) is 2.44. The predicted octanol–water partition coefficient (Wildman–Crippen LogP) is 10.0. The van der Waals surface area contributed by atoms with E-state index in [0.29, 0.717) is 50.9 Å². The van der Waals surface area contributed by atoms with Crippen LogP contribution in [0.3, 0.4) is 0 Å². The molecular weight excluding hydrogens is 589 g/mol. The summed E-state index contributed by atoms with van der Waals surface area (Å²) >= 11 is 0. The number of halogens is 7. The highest BCUT2D eigenvalue weighted by Gasteiger charge is 2.42. The van der Waals surface area contributed by atoms with Crippen LogP contribution in [0.15, 0.2) is 48.5 Å². The van der Waals surface area contributed by atoms with Crippen molar-refractivity contribution >= 4 is 0 Å². The fraction of sp³-hybridized carbons (Fsp3) is 0.471. The smallest absolute Gasteiger partial charge is 0.429 e. The van der Waals surface area contributed by atoms with Gasteiger partial charge in [-0.15, -0.1) is 0 Å². The highest BCUT2D eigenvalue weighted by atomic mass is 19.3. The van der Waals surface area contributed by atoms with E-state index in [9.17, 15) is 13.2 Å². The van der Waals surface area contributed by atoms with E-state index in [1.165, 1.54) is 6.42 Å². The van der Waals surface area contributed by atoms with Gasteiger partial charge in [-0.3, -0.25) is 0 Å². The Morgan fingerprint density at radius 2 is 1.43 bits per heavy atom. The summed E-state index contributed by atoms with van der Waals surface area (Å²) in [7, 11) is 0. The Kier molecular flexibility index (Phi) is 10.2. The molecule has 0 atom stereocenters. The second-order valence-corrected chi connectivity index (χ2v) is 11.8. The third-order valence-corrected chi connectivity index (χ3v) is 8.61. The second kappa shape index (κ2) is 13.9. The molecule has 5 rings (SSSR count). The first-order chi connectivity index (χ1) is 21.1. The maximum atomic E-state index is 15.0. The normalized spacial score (nSPS) is 22.6. The third-order valence-electron chi connectivity index (χ3n) is 8.61. The van der Waals surface area contributed by atoms with Crippen LogP contribution in [0.5, 0.6) is 5.75 Å². The molecule has 3 nitrogen and oxygen atoms in total. The van der Waals surface area contributed by atoms with Crippen LogP contribution in [0.2, 0.25) is 0 Å². The van der Waals surface area contributed by atoms with Gasteiger partial charge in [0, 0.05) is 23.5 Å². The molecular formula is C34H35F7O3.